The molecule has 0 fully saturated rings. The highest BCUT2D eigenvalue weighted by molar-refractivity contribution is 6.11. The predicted octanol–water partition coefficient (Wildman–Crippen LogP) is 10.9. The molecule has 0 saturated heterocycles. The number of hydrogen-bond donors (Lipinski definition) is 0. The van der Waals surface area contributed by atoms with Gasteiger partial charge in [-0.05, 0) is 80.4 Å². The molecule has 2 aliphatic rings. The Morgan fingerprint density at radius 1 is 0.491 bits per heavy atom. The van der Waals surface area contributed by atoms with Gasteiger partial charge in [0.05, 0.1) is 5.41 Å². The smallest absolute Gasteiger partial charge is 0.164 e. The van der Waals surface area contributed by atoms with Gasteiger partial charge in [0.1, 0.15) is 11.0 Å². The highest BCUT2D eigenvalue weighted by Crippen LogP contribution is 2.62. The van der Waals surface area contributed by atoms with Gasteiger partial charge in [-0.3, -0.25) is 0 Å². The number of aromatic nitrogens is 3. The van der Waals surface area contributed by atoms with E-state index in [1.807, 2.05) is 73.7 Å². The number of hydrogen-bond acceptors (Lipinski definition) is 4. The quantitative estimate of drug-likeness (QED) is 0.183. The maximum absolute atomic E-state index is 6.28. The summed E-state index contributed by atoms with van der Waals surface area (Å²) in [5.41, 5.74) is 13.9. The fourth-order valence-electron chi connectivity index (χ4n) is 9.21. The third-order valence-corrected chi connectivity index (χ3v) is 11.5. The van der Waals surface area contributed by atoms with Gasteiger partial charge in [0.25, 0.3) is 0 Å². The minimum Gasteiger partial charge on any atom is -0.456 e. The van der Waals surface area contributed by atoms with Crippen molar-refractivity contribution in [1.29, 1.82) is 0 Å². The zero-order chi connectivity index (χ0) is 36.7. The van der Waals surface area contributed by atoms with Crippen LogP contribution in [0.3, 0.4) is 0 Å². The summed E-state index contributed by atoms with van der Waals surface area (Å²) in [6.45, 7) is 6.42. The molecule has 9 aromatic rings. The van der Waals surface area contributed by atoms with Crippen molar-refractivity contribution in [1.82, 2.24) is 15.0 Å². The fraction of sp³-hybridized carbons (Fsp3) is 0.0392. The van der Waals surface area contributed by atoms with Crippen LogP contribution in [-0.4, -0.2) is 15.0 Å². The SMILES string of the molecule is C=c1/c(=C\C=C/C)oc2cccc(-c3nc(-c4ccccc4)nc(-c4ccc5c6c(cccc46)C4(c6ccccc6-c6ccccc64)c4ccccc4-5)n3)c12. The molecule has 0 radical (unpaired) electrons. The molecule has 4 nitrogen and oxygen atoms in total. The van der Waals surface area contributed by atoms with Crippen molar-refractivity contribution in [2.24, 2.45) is 0 Å². The van der Waals surface area contributed by atoms with E-state index in [-0.39, 0.29) is 0 Å². The number of benzene rings is 7. The van der Waals surface area contributed by atoms with E-state index in [0.29, 0.717) is 22.9 Å². The predicted molar refractivity (Wildman–Crippen MR) is 224 cm³/mol. The van der Waals surface area contributed by atoms with Crippen LogP contribution in [0.15, 0.2) is 168 Å². The van der Waals surface area contributed by atoms with Gasteiger partial charge in [0, 0.05) is 27.3 Å². The van der Waals surface area contributed by atoms with Gasteiger partial charge in [-0.15, -0.1) is 0 Å². The van der Waals surface area contributed by atoms with Gasteiger partial charge in [0.15, 0.2) is 17.5 Å². The van der Waals surface area contributed by atoms with E-state index in [1.54, 1.807) is 0 Å². The lowest BCUT2D eigenvalue weighted by molar-refractivity contribution is 0.576. The molecular formula is C51H33N3O. The summed E-state index contributed by atoms with van der Waals surface area (Å²) < 4.78 is 6.28. The average Bonchev–Trinajstić information content (AvgIpc) is 3.73. The Morgan fingerprint density at radius 3 is 1.73 bits per heavy atom. The third-order valence-electron chi connectivity index (χ3n) is 11.5. The molecule has 2 heterocycles. The molecule has 258 valence electrons. The van der Waals surface area contributed by atoms with E-state index < -0.39 is 5.41 Å². The van der Waals surface area contributed by atoms with Crippen molar-refractivity contribution < 1.29 is 4.42 Å². The van der Waals surface area contributed by atoms with Gasteiger partial charge in [0.2, 0.25) is 0 Å². The first-order chi connectivity index (χ1) is 27.2. The topological polar surface area (TPSA) is 51.8 Å². The highest BCUT2D eigenvalue weighted by atomic mass is 16.3. The molecule has 0 saturated carbocycles. The Kier molecular flexibility index (Phi) is 6.80. The van der Waals surface area contributed by atoms with E-state index in [1.165, 1.54) is 49.9 Å². The number of furan rings is 1. The van der Waals surface area contributed by atoms with Crippen molar-refractivity contribution in [3.63, 3.8) is 0 Å². The first-order valence-corrected chi connectivity index (χ1v) is 18.7. The van der Waals surface area contributed by atoms with E-state index in [9.17, 15) is 0 Å². The van der Waals surface area contributed by atoms with Crippen molar-refractivity contribution in [3.8, 4) is 56.4 Å². The zero-order valence-corrected chi connectivity index (χ0v) is 30.1. The van der Waals surface area contributed by atoms with Crippen LogP contribution in [0.2, 0.25) is 0 Å². The van der Waals surface area contributed by atoms with Crippen LogP contribution in [0.25, 0.3) is 90.8 Å². The molecule has 4 heteroatoms. The summed E-state index contributed by atoms with van der Waals surface area (Å²) in [5, 5.41) is 4.01. The Bertz CT molecular complexity index is 3150. The molecule has 0 amide bonds. The largest absolute Gasteiger partial charge is 0.456 e. The van der Waals surface area contributed by atoms with Crippen molar-refractivity contribution >= 4 is 34.4 Å². The lowest BCUT2D eigenvalue weighted by Crippen LogP contribution is -2.31. The molecule has 55 heavy (non-hydrogen) atoms. The third kappa shape index (κ3) is 4.37. The number of allylic oxidation sites excluding steroid dienone is 2. The molecule has 2 aliphatic carbocycles. The molecule has 0 aliphatic heterocycles. The Hall–Kier alpha value is -7.17. The second kappa shape index (κ2) is 11.9. The fourth-order valence-corrected chi connectivity index (χ4v) is 9.21. The number of fused-ring (bicyclic) bond motifs is 10. The van der Waals surface area contributed by atoms with E-state index >= 15 is 0 Å². The summed E-state index contributed by atoms with van der Waals surface area (Å²) >= 11 is 0. The molecule has 0 bridgehead atoms. The Morgan fingerprint density at radius 2 is 1.04 bits per heavy atom. The number of nitrogens with zero attached hydrogens (tertiary/aromatic N) is 3. The standard InChI is InChI=1S/C51H33N3O/c1-3-4-27-44-31(2)46-39(22-15-28-45(46)55-44)50-53-48(32-16-6-5-7-17-32)52-49(54-50)38-30-29-37-35-20-10-13-25-42(35)51(43-26-14-21-36(38)47(37)43)40-23-11-8-18-33(40)34-19-9-12-24-41(34)51/h3-30H,2H2,1H3/b4-3-,44-27+. The van der Waals surface area contributed by atoms with Crippen molar-refractivity contribution in [2.75, 3.05) is 0 Å². The van der Waals surface area contributed by atoms with Crippen LogP contribution in [0.5, 0.6) is 0 Å². The Labute approximate surface area is 318 Å². The molecule has 0 N–H and O–H groups in total. The molecule has 11 rings (SSSR count). The lowest BCUT2D eigenvalue weighted by Gasteiger charge is -2.40. The molecule has 2 aromatic heterocycles. The first-order valence-electron chi connectivity index (χ1n) is 18.7. The summed E-state index contributed by atoms with van der Waals surface area (Å²) in [5.74, 6) is 1.78. The minimum atomic E-state index is -0.489. The van der Waals surface area contributed by atoms with Crippen LogP contribution < -0.4 is 10.6 Å². The number of rotatable bonds is 4. The monoisotopic (exact) mass is 703 g/mol. The maximum atomic E-state index is 6.28. The van der Waals surface area contributed by atoms with Crippen molar-refractivity contribution in [2.45, 2.75) is 12.3 Å². The summed E-state index contributed by atoms with van der Waals surface area (Å²) in [4.78, 5) is 15.7. The molecule has 1 spiro atoms. The molecule has 7 aromatic carbocycles. The van der Waals surface area contributed by atoms with E-state index in [0.717, 1.165) is 38.3 Å². The molecular weight excluding hydrogens is 671 g/mol. The van der Waals surface area contributed by atoms with Crippen LogP contribution in [0.4, 0.5) is 0 Å². The maximum Gasteiger partial charge on any atom is 0.164 e. The second-order valence-electron chi connectivity index (χ2n) is 14.3. The van der Waals surface area contributed by atoms with E-state index in [4.69, 9.17) is 19.4 Å². The van der Waals surface area contributed by atoms with Gasteiger partial charge < -0.3 is 4.42 Å². The van der Waals surface area contributed by atoms with Crippen LogP contribution >= 0.6 is 0 Å². The van der Waals surface area contributed by atoms with Gasteiger partial charge in [-0.25, -0.2) is 15.0 Å². The summed E-state index contributed by atoms with van der Waals surface area (Å²) in [7, 11) is 0. The van der Waals surface area contributed by atoms with Gasteiger partial charge in [-0.2, -0.15) is 0 Å². The van der Waals surface area contributed by atoms with Crippen molar-refractivity contribution in [3.05, 3.63) is 197 Å². The molecule has 0 unspecified atom stereocenters. The Balaban J connectivity index is 1.22. The summed E-state index contributed by atoms with van der Waals surface area (Å²) in [6, 6.07) is 54.2. The van der Waals surface area contributed by atoms with Crippen LogP contribution in [0.1, 0.15) is 29.2 Å². The zero-order valence-electron chi connectivity index (χ0n) is 30.1. The average molecular weight is 704 g/mol. The summed E-state index contributed by atoms with van der Waals surface area (Å²) in [6.07, 6.45) is 5.88. The lowest BCUT2D eigenvalue weighted by atomic mass is 9.61. The van der Waals surface area contributed by atoms with Gasteiger partial charge in [-0.1, -0.05) is 158 Å². The normalized spacial score (nSPS) is 13.8. The van der Waals surface area contributed by atoms with Crippen LogP contribution in [-0.2, 0) is 5.41 Å². The molecule has 0 atom stereocenters. The van der Waals surface area contributed by atoms with Crippen LogP contribution in [0, 0.1) is 0 Å². The van der Waals surface area contributed by atoms with E-state index in [2.05, 4.69) is 110 Å². The highest BCUT2D eigenvalue weighted by Gasteiger charge is 2.49. The first kappa shape index (κ1) is 31.4. The second-order valence-corrected chi connectivity index (χ2v) is 14.3. The minimum absolute atomic E-state index is 0.489. The van der Waals surface area contributed by atoms with Gasteiger partial charge >= 0.3 is 0 Å².